The minimum Gasteiger partial charge on any atom is -0.379 e. The Bertz CT molecular complexity index is 521. The zero-order valence-electron chi connectivity index (χ0n) is 14.1. The summed E-state index contributed by atoms with van der Waals surface area (Å²) in [6.07, 6.45) is 13.3. The van der Waals surface area contributed by atoms with Crippen molar-refractivity contribution >= 4 is 0 Å². The van der Waals surface area contributed by atoms with Crippen molar-refractivity contribution in [3.8, 4) is 6.07 Å². The monoisotopic (exact) mass is 313 g/mol. The van der Waals surface area contributed by atoms with Gasteiger partial charge in [0.05, 0.1) is 12.2 Å². The third-order valence-electron chi connectivity index (χ3n) is 5.51. The lowest BCUT2D eigenvalue weighted by Crippen LogP contribution is -2.21. The van der Waals surface area contributed by atoms with Crippen LogP contribution in [-0.2, 0) is 4.74 Å². The summed E-state index contributed by atoms with van der Waals surface area (Å²) in [5.74, 6) is 2.26. The molecule has 0 N–H and O–H groups in total. The van der Waals surface area contributed by atoms with Gasteiger partial charge in [-0.2, -0.15) is 5.26 Å². The molecule has 0 spiro atoms. The van der Waals surface area contributed by atoms with Crippen LogP contribution in [0, 0.1) is 17.2 Å². The second-order valence-electron chi connectivity index (χ2n) is 6.98. The maximum absolute atomic E-state index is 8.99. The van der Waals surface area contributed by atoms with Gasteiger partial charge in [0.2, 0.25) is 0 Å². The van der Waals surface area contributed by atoms with Crippen LogP contribution in [0.3, 0.4) is 0 Å². The summed E-state index contributed by atoms with van der Waals surface area (Å²) < 4.78 is 5.73. The highest BCUT2D eigenvalue weighted by Crippen LogP contribution is 2.36. The Kier molecular flexibility index (Phi) is 5.61. The molecule has 124 valence electrons. The van der Waals surface area contributed by atoms with Gasteiger partial charge in [-0.1, -0.05) is 0 Å². The summed E-state index contributed by atoms with van der Waals surface area (Å²) in [5, 5.41) is 8.99. The molecule has 1 aromatic rings. The molecule has 0 radical (unpaired) electrons. The van der Waals surface area contributed by atoms with E-state index in [9.17, 15) is 0 Å². The number of aromatic nitrogens is 2. The van der Waals surface area contributed by atoms with Crippen molar-refractivity contribution < 1.29 is 4.74 Å². The van der Waals surface area contributed by atoms with E-state index in [0.29, 0.717) is 17.9 Å². The van der Waals surface area contributed by atoms with Crippen LogP contribution >= 0.6 is 0 Å². The number of hydrogen-bond acceptors (Lipinski definition) is 4. The zero-order valence-corrected chi connectivity index (χ0v) is 14.1. The predicted molar refractivity (Wildman–Crippen MR) is 89.0 cm³/mol. The maximum Gasteiger partial charge on any atom is 0.131 e. The Morgan fingerprint density at radius 2 is 1.61 bits per heavy atom. The minimum absolute atomic E-state index is 0.242. The first-order valence-electron chi connectivity index (χ1n) is 9.13. The second kappa shape index (κ2) is 7.88. The van der Waals surface area contributed by atoms with Gasteiger partial charge in [-0.25, -0.2) is 9.97 Å². The smallest absolute Gasteiger partial charge is 0.131 e. The van der Waals surface area contributed by atoms with Crippen molar-refractivity contribution in [3.05, 3.63) is 23.8 Å². The van der Waals surface area contributed by atoms with Gasteiger partial charge in [-0.3, -0.25) is 0 Å². The first-order valence-corrected chi connectivity index (χ1v) is 9.13. The molecule has 0 saturated heterocycles. The van der Waals surface area contributed by atoms with Crippen LogP contribution in [0.2, 0.25) is 0 Å². The van der Waals surface area contributed by atoms with E-state index < -0.39 is 0 Å². The average molecular weight is 313 g/mol. The van der Waals surface area contributed by atoms with Crippen molar-refractivity contribution in [3.63, 3.8) is 0 Å². The highest BCUT2D eigenvalue weighted by atomic mass is 16.5. The van der Waals surface area contributed by atoms with Crippen molar-refractivity contribution in [1.82, 2.24) is 9.97 Å². The van der Waals surface area contributed by atoms with Crippen molar-refractivity contribution in [2.75, 3.05) is 6.61 Å². The van der Waals surface area contributed by atoms with Crippen LogP contribution in [0.25, 0.3) is 0 Å². The quantitative estimate of drug-likeness (QED) is 0.829. The molecule has 2 saturated carbocycles. The number of ether oxygens (including phenoxy) is 1. The summed E-state index contributed by atoms with van der Waals surface area (Å²) in [6.45, 7) is 2.89. The fourth-order valence-electron chi connectivity index (χ4n) is 4.05. The standard InChI is InChI=1S/C19H27N3O/c1-2-23-18-9-7-15(8-10-18)17-12-21-19(22-13-17)16-5-3-14(11-20)4-6-16/h12-16,18H,2-10H2,1H3/t14-,15-,16-,18-. The van der Waals surface area contributed by atoms with Crippen LogP contribution < -0.4 is 0 Å². The molecule has 1 aromatic heterocycles. The molecule has 0 aliphatic heterocycles. The van der Waals surface area contributed by atoms with Gasteiger partial charge >= 0.3 is 0 Å². The van der Waals surface area contributed by atoms with E-state index in [1.54, 1.807) is 0 Å². The van der Waals surface area contributed by atoms with Gasteiger partial charge < -0.3 is 4.74 Å². The lowest BCUT2D eigenvalue weighted by molar-refractivity contribution is 0.0327. The van der Waals surface area contributed by atoms with Crippen LogP contribution in [0.15, 0.2) is 12.4 Å². The Morgan fingerprint density at radius 1 is 1.00 bits per heavy atom. The van der Waals surface area contributed by atoms with E-state index in [1.165, 1.54) is 18.4 Å². The number of nitriles is 1. The number of hydrogen-bond donors (Lipinski definition) is 0. The number of rotatable bonds is 4. The topological polar surface area (TPSA) is 58.8 Å². The molecule has 4 nitrogen and oxygen atoms in total. The predicted octanol–water partition coefficient (Wildman–Crippen LogP) is 4.34. The van der Waals surface area contributed by atoms with Crippen molar-refractivity contribution in [2.45, 2.75) is 76.2 Å². The van der Waals surface area contributed by atoms with Gasteiger partial charge in [0.15, 0.2) is 0 Å². The van der Waals surface area contributed by atoms with Crippen LogP contribution in [-0.4, -0.2) is 22.7 Å². The largest absolute Gasteiger partial charge is 0.379 e. The van der Waals surface area contributed by atoms with E-state index in [4.69, 9.17) is 10.00 Å². The van der Waals surface area contributed by atoms with Gasteiger partial charge in [0.1, 0.15) is 5.82 Å². The van der Waals surface area contributed by atoms with Gasteiger partial charge in [-0.15, -0.1) is 0 Å². The molecule has 0 bridgehead atoms. The summed E-state index contributed by atoms with van der Waals surface area (Å²) in [5.41, 5.74) is 1.29. The maximum atomic E-state index is 8.99. The molecule has 3 rings (SSSR count). The molecular weight excluding hydrogens is 286 g/mol. The summed E-state index contributed by atoms with van der Waals surface area (Å²) in [7, 11) is 0. The summed E-state index contributed by atoms with van der Waals surface area (Å²) in [4.78, 5) is 9.32. The van der Waals surface area contributed by atoms with Gasteiger partial charge in [0.25, 0.3) is 0 Å². The molecule has 2 aliphatic carbocycles. The van der Waals surface area contributed by atoms with E-state index in [2.05, 4.69) is 23.0 Å². The normalized spacial score (nSPS) is 31.5. The van der Waals surface area contributed by atoms with Crippen molar-refractivity contribution in [1.29, 1.82) is 5.26 Å². The Hall–Kier alpha value is -1.47. The van der Waals surface area contributed by atoms with Gasteiger partial charge in [-0.05, 0) is 69.8 Å². The van der Waals surface area contributed by atoms with E-state index in [0.717, 1.165) is 51.0 Å². The SMILES string of the molecule is CCO[C@H]1CC[C@H](c2cnc([C@H]3CC[C@H](C#N)CC3)nc2)CC1. The molecular formula is C19H27N3O. The molecule has 0 amide bonds. The van der Waals surface area contributed by atoms with E-state index in [1.807, 2.05) is 12.4 Å². The first kappa shape index (κ1) is 16.4. The highest BCUT2D eigenvalue weighted by molar-refractivity contribution is 5.14. The molecule has 2 fully saturated rings. The Morgan fingerprint density at radius 3 is 2.17 bits per heavy atom. The molecule has 1 heterocycles. The van der Waals surface area contributed by atoms with Crippen LogP contribution in [0.4, 0.5) is 0 Å². The third kappa shape index (κ3) is 4.09. The second-order valence-corrected chi connectivity index (χ2v) is 6.98. The first-order chi connectivity index (χ1) is 11.3. The Balaban J connectivity index is 1.55. The molecule has 2 aliphatic rings. The third-order valence-corrected chi connectivity index (χ3v) is 5.51. The lowest BCUT2D eigenvalue weighted by Gasteiger charge is -2.28. The van der Waals surface area contributed by atoms with E-state index in [-0.39, 0.29) is 5.92 Å². The summed E-state index contributed by atoms with van der Waals surface area (Å²) >= 11 is 0. The number of nitrogens with zero attached hydrogens (tertiary/aromatic N) is 3. The van der Waals surface area contributed by atoms with E-state index >= 15 is 0 Å². The molecule has 23 heavy (non-hydrogen) atoms. The van der Waals surface area contributed by atoms with Crippen LogP contribution in [0.5, 0.6) is 0 Å². The fourth-order valence-corrected chi connectivity index (χ4v) is 4.05. The Labute approximate surface area is 139 Å². The van der Waals surface area contributed by atoms with Crippen molar-refractivity contribution in [2.24, 2.45) is 5.92 Å². The molecule has 0 atom stereocenters. The van der Waals surface area contributed by atoms with Crippen LogP contribution in [0.1, 0.15) is 81.5 Å². The average Bonchev–Trinajstić information content (AvgIpc) is 2.63. The van der Waals surface area contributed by atoms with Gasteiger partial charge in [0, 0.05) is 30.8 Å². The lowest BCUT2D eigenvalue weighted by atomic mass is 9.82. The molecule has 0 unspecified atom stereocenters. The zero-order chi connectivity index (χ0) is 16.1. The fraction of sp³-hybridized carbons (Fsp3) is 0.737. The minimum atomic E-state index is 0.242. The molecule has 4 heteroatoms. The highest BCUT2D eigenvalue weighted by Gasteiger charge is 2.26. The molecule has 0 aromatic carbocycles. The summed E-state index contributed by atoms with van der Waals surface area (Å²) in [6, 6.07) is 2.39.